The average Bonchev–Trinajstić information content (AvgIpc) is 3.62. The fraction of sp³-hybridized carbons (Fsp3) is 0.464. The Hall–Kier alpha value is -3.41. The predicted octanol–water partition coefficient (Wildman–Crippen LogP) is 3.87. The van der Waals surface area contributed by atoms with Crippen molar-refractivity contribution in [2.75, 3.05) is 45.7 Å². The summed E-state index contributed by atoms with van der Waals surface area (Å²) in [5, 5.41) is 18.4. The third kappa shape index (κ3) is 7.17. The minimum atomic E-state index is -0.631. The van der Waals surface area contributed by atoms with Gasteiger partial charge in [-0.3, -0.25) is 19.7 Å². The van der Waals surface area contributed by atoms with Gasteiger partial charge in [0.15, 0.2) is 0 Å². The molecule has 0 aliphatic carbocycles. The Balaban J connectivity index is 0.000000175. The van der Waals surface area contributed by atoms with Crippen LogP contribution in [0.2, 0.25) is 0 Å². The summed E-state index contributed by atoms with van der Waals surface area (Å²) in [6, 6.07) is 8.45. The van der Waals surface area contributed by atoms with E-state index >= 15 is 0 Å². The standard InChI is InChI=1S/C14H17N5O2.C13H16N2S.CH4O/c1-9-3-2-4-19(8-9)14(21)13(20)17-11-7-15-5-10-6-16-18-12(10)11;1-15-8-6-10(7-9-15)13-14-11-4-2-3-5-12(11)16-13;1-2/h5-7,9H,2-4,8H2,1H3,(H,16,18)(H,17,20);2-5,10H,6-9H2,1H3;2H,1H3. The molecule has 39 heavy (non-hydrogen) atoms. The number of nitrogens with zero attached hydrogens (tertiary/aromatic N) is 5. The van der Waals surface area contributed by atoms with Crippen LogP contribution in [0.4, 0.5) is 5.69 Å². The lowest BCUT2D eigenvalue weighted by molar-refractivity contribution is -0.144. The Morgan fingerprint density at radius 1 is 1.08 bits per heavy atom. The number of aromatic amines is 1. The second-order valence-corrected chi connectivity index (χ2v) is 11.1. The third-order valence-corrected chi connectivity index (χ3v) is 8.32. The van der Waals surface area contributed by atoms with Gasteiger partial charge in [0.2, 0.25) is 0 Å². The van der Waals surface area contributed by atoms with Crippen LogP contribution in [0.1, 0.15) is 43.5 Å². The van der Waals surface area contributed by atoms with Crippen LogP contribution >= 0.6 is 11.3 Å². The van der Waals surface area contributed by atoms with Crippen molar-refractivity contribution in [3.05, 3.63) is 47.9 Å². The number of H-pyrrole nitrogens is 1. The molecule has 2 amide bonds. The van der Waals surface area contributed by atoms with Crippen molar-refractivity contribution < 1.29 is 14.7 Å². The van der Waals surface area contributed by atoms with Crippen LogP contribution in [0.15, 0.2) is 42.9 Å². The van der Waals surface area contributed by atoms with Gasteiger partial charge in [-0.15, -0.1) is 11.3 Å². The van der Waals surface area contributed by atoms with Crippen molar-refractivity contribution in [1.29, 1.82) is 0 Å². The third-order valence-electron chi connectivity index (χ3n) is 7.12. The van der Waals surface area contributed by atoms with Crippen LogP contribution in [0, 0.1) is 5.92 Å². The highest BCUT2D eigenvalue weighted by Gasteiger charge is 2.26. The number of hydrogen-bond donors (Lipinski definition) is 3. The lowest BCUT2D eigenvalue weighted by Gasteiger charge is -2.30. The predicted molar refractivity (Wildman–Crippen MR) is 155 cm³/mol. The highest BCUT2D eigenvalue weighted by atomic mass is 32.1. The number of pyridine rings is 1. The number of carbonyl (C=O) groups excluding carboxylic acids is 2. The smallest absolute Gasteiger partial charge is 0.314 e. The van der Waals surface area contributed by atoms with E-state index in [4.69, 9.17) is 10.1 Å². The summed E-state index contributed by atoms with van der Waals surface area (Å²) in [6.07, 6.45) is 9.33. The number of fused-ring (bicyclic) bond motifs is 2. The molecule has 2 aliphatic rings. The number of carbonyl (C=O) groups is 2. The van der Waals surface area contributed by atoms with E-state index in [-0.39, 0.29) is 0 Å². The van der Waals surface area contributed by atoms with E-state index in [1.807, 2.05) is 11.3 Å². The first-order chi connectivity index (χ1) is 19.0. The van der Waals surface area contributed by atoms with E-state index < -0.39 is 11.8 Å². The second kappa shape index (κ2) is 13.6. The van der Waals surface area contributed by atoms with E-state index in [2.05, 4.69) is 63.6 Å². The summed E-state index contributed by atoms with van der Waals surface area (Å²) in [4.78, 5) is 37.1. The number of likely N-dealkylation sites (tertiary alicyclic amines) is 2. The molecule has 2 saturated heterocycles. The normalized spacial score (nSPS) is 18.2. The van der Waals surface area contributed by atoms with Crippen LogP contribution in [0.5, 0.6) is 0 Å². The Morgan fingerprint density at radius 3 is 2.59 bits per heavy atom. The van der Waals surface area contributed by atoms with Gasteiger partial charge in [-0.25, -0.2) is 4.98 Å². The topological polar surface area (TPSA) is 127 Å². The Bertz CT molecular complexity index is 1350. The monoisotopic (exact) mass is 551 g/mol. The summed E-state index contributed by atoms with van der Waals surface area (Å²) in [5.74, 6) is 0.00729. The molecular formula is C28H37N7O3S. The first kappa shape index (κ1) is 28.6. The highest BCUT2D eigenvalue weighted by Crippen LogP contribution is 2.33. The van der Waals surface area contributed by atoms with E-state index in [0.29, 0.717) is 36.1 Å². The van der Waals surface area contributed by atoms with Gasteiger partial charge in [0.1, 0.15) is 0 Å². The number of aliphatic hydroxyl groups excluding tert-OH is 1. The summed E-state index contributed by atoms with van der Waals surface area (Å²) in [5.41, 5.74) is 2.30. The molecule has 1 atom stereocenters. The molecular weight excluding hydrogens is 514 g/mol. The number of thiazole rings is 1. The molecule has 0 spiro atoms. The number of aromatic nitrogens is 4. The van der Waals surface area contributed by atoms with Gasteiger partial charge in [-0.05, 0) is 63.9 Å². The maximum absolute atomic E-state index is 12.2. The zero-order valence-electron chi connectivity index (χ0n) is 22.8. The molecule has 5 heterocycles. The summed E-state index contributed by atoms with van der Waals surface area (Å²) in [7, 11) is 3.20. The molecule has 2 aliphatic heterocycles. The fourth-order valence-corrected chi connectivity index (χ4v) is 6.11. The van der Waals surface area contributed by atoms with Crippen molar-refractivity contribution in [3.8, 4) is 0 Å². The molecule has 6 rings (SSSR count). The van der Waals surface area contributed by atoms with Gasteiger partial charge in [0, 0.05) is 37.7 Å². The van der Waals surface area contributed by atoms with E-state index in [9.17, 15) is 9.59 Å². The minimum Gasteiger partial charge on any atom is -0.400 e. The maximum Gasteiger partial charge on any atom is 0.314 e. The molecule has 1 unspecified atom stereocenters. The van der Waals surface area contributed by atoms with Crippen molar-refractivity contribution in [1.82, 2.24) is 30.0 Å². The number of rotatable bonds is 2. The van der Waals surface area contributed by atoms with Crippen molar-refractivity contribution >= 4 is 50.0 Å². The highest BCUT2D eigenvalue weighted by molar-refractivity contribution is 7.18. The average molecular weight is 552 g/mol. The van der Waals surface area contributed by atoms with E-state index in [0.717, 1.165) is 25.3 Å². The number of para-hydroxylation sites is 1. The Morgan fingerprint density at radius 2 is 1.85 bits per heavy atom. The molecule has 3 N–H and O–H groups in total. The fourth-order valence-electron chi connectivity index (χ4n) is 4.97. The largest absolute Gasteiger partial charge is 0.400 e. The molecule has 4 aromatic rings. The summed E-state index contributed by atoms with van der Waals surface area (Å²) in [6.45, 7) is 5.79. The number of aliphatic hydroxyl groups is 1. The molecule has 0 bridgehead atoms. The second-order valence-electron chi connectivity index (χ2n) is 10.1. The molecule has 0 saturated carbocycles. The van der Waals surface area contributed by atoms with Gasteiger partial charge < -0.3 is 20.2 Å². The Kier molecular flexibility index (Phi) is 9.96. The Labute approximate surface area is 232 Å². The van der Waals surface area contributed by atoms with Gasteiger partial charge in [-0.1, -0.05) is 19.1 Å². The van der Waals surface area contributed by atoms with Crippen LogP contribution in [0.25, 0.3) is 21.1 Å². The van der Waals surface area contributed by atoms with Gasteiger partial charge in [0.05, 0.1) is 38.8 Å². The molecule has 1 aromatic carbocycles. The first-order valence-corrected chi connectivity index (χ1v) is 14.2. The number of nitrogens with one attached hydrogen (secondary N) is 2. The van der Waals surface area contributed by atoms with Gasteiger partial charge >= 0.3 is 11.8 Å². The zero-order chi connectivity index (χ0) is 27.8. The summed E-state index contributed by atoms with van der Waals surface area (Å²) >= 11 is 1.88. The van der Waals surface area contributed by atoms with Crippen molar-refractivity contribution in [2.24, 2.45) is 5.92 Å². The number of benzene rings is 1. The van der Waals surface area contributed by atoms with Crippen molar-refractivity contribution in [2.45, 2.75) is 38.5 Å². The van der Waals surface area contributed by atoms with Gasteiger partial charge in [0.25, 0.3) is 0 Å². The zero-order valence-corrected chi connectivity index (χ0v) is 23.6. The molecule has 11 heteroatoms. The quantitative estimate of drug-likeness (QED) is 0.323. The van der Waals surface area contributed by atoms with Crippen molar-refractivity contribution in [3.63, 3.8) is 0 Å². The molecule has 0 radical (unpaired) electrons. The number of piperidine rings is 2. The first-order valence-electron chi connectivity index (χ1n) is 13.3. The summed E-state index contributed by atoms with van der Waals surface area (Å²) < 4.78 is 1.33. The van der Waals surface area contributed by atoms with Crippen LogP contribution in [0.3, 0.4) is 0 Å². The SMILES string of the molecule is CC1CCCN(C(=O)C(=O)Nc2cncc3cn[nH]c23)C1.CN1CCC(c2nc3ccccc3s2)CC1.CO. The molecule has 2 fully saturated rings. The maximum atomic E-state index is 12.2. The lowest BCUT2D eigenvalue weighted by atomic mass is 9.98. The van der Waals surface area contributed by atoms with E-state index in [1.165, 1.54) is 47.4 Å². The van der Waals surface area contributed by atoms with Crippen LogP contribution < -0.4 is 5.32 Å². The molecule has 3 aromatic heterocycles. The number of anilines is 1. The number of amides is 2. The van der Waals surface area contributed by atoms with Crippen LogP contribution in [-0.4, -0.2) is 87.2 Å². The number of hydrogen-bond acceptors (Lipinski definition) is 8. The van der Waals surface area contributed by atoms with Gasteiger partial charge in [-0.2, -0.15) is 5.10 Å². The van der Waals surface area contributed by atoms with Crippen LogP contribution in [-0.2, 0) is 9.59 Å². The molecule has 10 nitrogen and oxygen atoms in total. The molecule has 208 valence electrons. The minimum absolute atomic E-state index is 0.438. The van der Waals surface area contributed by atoms with E-state index in [1.54, 1.807) is 17.3 Å². The lowest BCUT2D eigenvalue weighted by Crippen LogP contribution is -2.44.